The van der Waals surface area contributed by atoms with Gasteiger partial charge < -0.3 is 19.2 Å². The lowest BCUT2D eigenvalue weighted by molar-refractivity contribution is 0.0526. The average molecular weight is 442 g/mol. The zero-order chi connectivity index (χ0) is 23.2. The molecule has 0 saturated heterocycles. The number of amides is 1. The Bertz CT molecular complexity index is 1370. The number of nitrogens with zero attached hydrogens (tertiary/aromatic N) is 1. The number of methoxy groups -OCH3 is 1. The molecule has 7 heteroatoms. The standard InChI is InChI=1S/C26H22N2O5/c1-3-32-26(30)18-8-6-9-20(15-18)28-25-22(16-17-7-4-5-10-23(17)33-25)24(29)27-19-11-13-21(31-2)14-12-19/h4-16H,3H2,1-2H3,(H,27,29). The lowest BCUT2D eigenvalue weighted by Crippen LogP contribution is -2.21. The number of hydrogen-bond acceptors (Lipinski definition) is 6. The second-order valence-electron chi connectivity index (χ2n) is 7.07. The fraction of sp³-hybridized carbons (Fsp3) is 0.115. The molecule has 0 saturated carbocycles. The van der Waals surface area contributed by atoms with Crippen LogP contribution in [0.3, 0.4) is 0 Å². The summed E-state index contributed by atoms with van der Waals surface area (Å²) in [6.45, 7) is 2.02. The van der Waals surface area contributed by atoms with Gasteiger partial charge in [-0.25, -0.2) is 9.79 Å². The van der Waals surface area contributed by atoms with E-state index in [0.29, 0.717) is 28.3 Å². The van der Waals surface area contributed by atoms with Crippen LogP contribution in [-0.4, -0.2) is 25.6 Å². The zero-order valence-electron chi connectivity index (χ0n) is 18.2. The summed E-state index contributed by atoms with van der Waals surface area (Å²) in [5, 5.41) is 3.62. The van der Waals surface area contributed by atoms with E-state index in [1.165, 1.54) is 0 Å². The molecular formula is C26H22N2O5. The van der Waals surface area contributed by atoms with Crippen LogP contribution in [0, 0.1) is 0 Å². The van der Waals surface area contributed by atoms with E-state index in [0.717, 1.165) is 5.39 Å². The van der Waals surface area contributed by atoms with Crippen LogP contribution >= 0.6 is 0 Å². The van der Waals surface area contributed by atoms with E-state index in [4.69, 9.17) is 13.9 Å². The Balaban J connectivity index is 1.77. The third kappa shape index (κ3) is 5.10. The number of fused-ring (bicyclic) bond motifs is 1. The van der Waals surface area contributed by atoms with Crippen molar-refractivity contribution in [3.8, 4) is 5.75 Å². The Hall–Kier alpha value is -4.39. The molecule has 1 N–H and O–H groups in total. The normalized spacial score (nSPS) is 11.3. The second kappa shape index (κ2) is 9.82. The van der Waals surface area contributed by atoms with Crippen molar-refractivity contribution in [2.24, 2.45) is 4.99 Å². The van der Waals surface area contributed by atoms with E-state index in [9.17, 15) is 9.59 Å². The number of carbonyl (C=O) groups is 2. The van der Waals surface area contributed by atoms with Gasteiger partial charge in [-0.05, 0) is 61.5 Å². The molecule has 4 aromatic rings. The molecule has 0 fully saturated rings. The van der Waals surface area contributed by atoms with Crippen molar-refractivity contribution in [3.63, 3.8) is 0 Å². The third-order valence-corrected chi connectivity index (χ3v) is 4.84. The van der Waals surface area contributed by atoms with Gasteiger partial charge in [-0.15, -0.1) is 0 Å². The molecule has 0 unspecified atom stereocenters. The number of esters is 1. The Morgan fingerprint density at radius 2 is 1.76 bits per heavy atom. The van der Waals surface area contributed by atoms with Gasteiger partial charge in [-0.1, -0.05) is 24.3 Å². The van der Waals surface area contributed by atoms with Crippen LogP contribution in [-0.2, 0) is 4.74 Å². The molecule has 0 aliphatic carbocycles. The summed E-state index contributed by atoms with van der Waals surface area (Å²) in [6.07, 6.45) is 0. The number of hydrogen-bond donors (Lipinski definition) is 1. The van der Waals surface area contributed by atoms with Crippen molar-refractivity contribution in [2.45, 2.75) is 6.92 Å². The van der Waals surface area contributed by atoms with E-state index < -0.39 is 5.97 Å². The molecule has 0 spiro atoms. The monoisotopic (exact) mass is 442 g/mol. The lowest BCUT2D eigenvalue weighted by Gasteiger charge is -2.08. The summed E-state index contributed by atoms with van der Waals surface area (Å²) < 4.78 is 16.2. The summed E-state index contributed by atoms with van der Waals surface area (Å²) in [4.78, 5) is 29.8. The van der Waals surface area contributed by atoms with Crippen LogP contribution < -0.4 is 15.6 Å². The highest BCUT2D eigenvalue weighted by atomic mass is 16.5. The van der Waals surface area contributed by atoms with Gasteiger partial charge in [-0.2, -0.15) is 0 Å². The van der Waals surface area contributed by atoms with Gasteiger partial charge in [0.05, 0.1) is 25.0 Å². The van der Waals surface area contributed by atoms with Gasteiger partial charge in [0.1, 0.15) is 16.9 Å². The summed E-state index contributed by atoms with van der Waals surface area (Å²) in [5.74, 6) is -0.136. The smallest absolute Gasteiger partial charge is 0.338 e. The summed E-state index contributed by atoms with van der Waals surface area (Å²) >= 11 is 0. The number of anilines is 1. The molecule has 7 nitrogen and oxygen atoms in total. The van der Waals surface area contributed by atoms with Gasteiger partial charge in [0.2, 0.25) is 5.55 Å². The van der Waals surface area contributed by atoms with Crippen LogP contribution in [0.25, 0.3) is 11.0 Å². The van der Waals surface area contributed by atoms with Crippen LogP contribution in [0.5, 0.6) is 5.75 Å². The first-order chi connectivity index (χ1) is 16.1. The molecule has 1 aromatic heterocycles. The van der Waals surface area contributed by atoms with Crippen molar-refractivity contribution >= 4 is 34.2 Å². The number of nitrogens with one attached hydrogen (secondary N) is 1. The Labute approximate surface area is 190 Å². The first kappa shape index (κ1) is 21.8. The first-order valence-electron chi connectivity index (χ1n) is 10.4. The zero-order valence-corrected chi connectivity index (χ0v) is 18.2. The van der Waals surface area contributed by atoms with Crippen molar-refractivity contribution in [2.75, 3.05) is 19.0 Å². The highest BCUT2D eigenvalue weighted by Crippen LogP contribution is 2.19. The quantitative estimate of drug-likeness (QED) is 0.420. The molecular weight excluding hydrogens is 420 g/mol. The fourth-order valence-electron chi connectivity index (χ4n) is 3.22. The second-order valence-corrected chi connectivity index (χ2v) is 7.07. The topological polar surface area (TPSA) is 90.1 Å². The van der Waals surface area contributed by atoms with Gasteiger partial charge in [-0.3, -0.25) is 4.79 Å². The Morgan fingerprint density at radius 1 is 0.970 bits per heavy atom. The molecule has 0 atom stereocenters. The summed E-state index contributed by atoms with van der Waals surface area (Å²) in [7, 11) is 1.58. The van der Waals surface area contributed by atoms with Crippen LogP contribution in [0.4, 0.5) is 11.4 Å². The molecule has 0 radical (unpaired) electrons. The largest absolute Gasteiger partial charge is 0.497 e. The van der Waals surface area contributed by atoms with E-state index in [1.54, 1.807) is 74.7 Å². The number of benzene rings is 3. The maximum atomic E-state index is 13.1. The average Bonchev–Trinajstić information content (AvgIpc) is 2.84. The summed E-state index contributed by atoms with van der Waals surface area (Å²) in [6, 6.07) is 22.7. The maximum Gasteiger partial charge on any atom is 0.338 e. The van der Waals surface area contributed by atoms with Crippen LogP contribution in [0.1, 0.15) is 27.6 Å². The van der Waals surface area contributed by atoms with Gasteiger partial charge >= 0.3 is 5.97 Å². The predicted molar refractivity (Wildman–Crippen MR) is 125 cm³/mol. The Kier molecular flexibility index (Phi) is 6.50. The van der Waals surface area contributed by atoms with Crippen molar-refractivity contribution in [1.29, 1.82) is 0 Å². The highest BCUT2D eigenvalue weighted by molar-refractivity contribution is 6.05. The number of rotatable bonds is 6. The Morgan fingerprint density at radius 3 is 2.52 bits per heavy atom. The van der Waals surface area contributed by atoms with Gasteiger partial charge in [0, 0.05) is 11.1 Å². The van der Waals surface area contributed by atoms with Gasteiger partial charge in [0.15, 0.2) is 0 Å². The fourth-order valence-corrected chi connectivity index (χ4v) is 3.22. The van der Waals surface area contributed by atoms with E-state index in [-0.39, 0.29) is 23.6 Å². The predicted octanol–water partition coefficient (Wildman–Crippen LogP) is 5.10. The molecule has 33 heavy (non-hydrogen) atoms. The molecule has 4 rings (SSSR count). The van der Waals surface area contributed by atoms with E-state index in [1.807, 2.05) is 18.2 Å². The van der Waals surface area contributed by atoms with Crippen LogP contribution in [0.2, 0.25) is 0 Å². The maximum absolute atomic E-state index is 13.1. The highest BCUT2D eigenvalue weighted by Gasteiger charge is 2.14. The van der Waals surface area contributed by atoms with Gasteiger partial charge in [0.25, 0.3) is 5.91 Å². The van der Waals surface area contributed by atoms with Crippen molar-refractivity contribution in [3.05, 3.63) is 95.5 Å². The minimum absolute atomic E-state index is 0.126. The molecule has 1 heterocycles. The number of para-hydroxylation sites is 1. The molecule has 0 bridgehead atoms. The van der Waals surface area contributed by atoms with Crippen molar-refractivity contribution < 1.29 is 23.5 Å². The molecule has 3 aromatic carbocycles. The third-order valence-electron chi connectivity index (χ3n) is 4.84. The first-order valence-corrected chi connectivity index (χ1v) is 10.4. The summed E-state index contributed by atoms with van der Waals surface area (Å²) in [5.41, 5.74) is 2.39. The van der Waals surface area contributed by atoms with Crippen LogP contribution in [0.15, 0.2) is 88.3 Å². The molecule has 0 aliphatic rings. The molecule has 166 valence electrons. The molecule has 1 amide bonds. The van der Waals surface area contributed by atoms with E-state index in [2.05, 4.69) is 10.3 Å². The number of carbonyl (C=O) groups excluding carboxylic acids is 2. The minimum atomic E-state index is -0.442. The number of ether oxygens (including phenoxy) is 2. The van der Waals surface area contributed by atoms with E-state index >= 15 is 0 Å². The molecule has 0 aliphatic heterocycles. The SMILES string of the molecule is CCOC(=O)c1cccc(N=c2oc3ccccc3cc2C(=O)Nc2ccc(OC)cc2)c1. The lowest BCUT2D eigenvalue weighted by atomic mass is 10.1. The van der Waals surface area contributed by atoms with Crippen molar-refractivity contribution in [1.82, 2.24) is 0 Å². The minimum Gasteiger partial charge on any atom is -0.497 e.